The molecule has 2 fully saturated rings. The van der Waals surface area contributed by atoms with Crippen LogP contribution in [0.3, 0.4) is 0 Å². The van der Waals surface area contributed by atoms with Crippen LogP contribution in [0.2, 0.25) is 0 Å². The summed E-state index contributed by atoms with van der Waals surface area (Å²) < 4.78 is 49.6. The highest BCUT2D eigenvalue weighted by atomic mass is 32.2. The Hall–Kier alpha value is -1.12. The minimum Gasteiger partial charge on any atom is -0.369 e. The van der Waals surface area contributed by atoms with Gasteiger partial charge in [0.05, 0.1) is 16.8 Å². The molecule has 1 aromatic carbocycles. The minimum atomic E-state index is -3.51. The Bertz CT molecular complexity index is 723. The second kappa shape index (κ2) is 5.82. The number of para-hydroxylation sites is 1. The molecule has 1 unspecified atom stereocenters. The molecule has 8 heteroatoms. The smallest absolute Gasteiger partial charge is 0.218 e. The third kappa shape index (κ3) is 3.13. The Kier molecular flexibility index (Phi) is 4.17. The summed E-state index contributed by atoms with van der Waals surface area (Å²) in [4.78, 5) is 2.15. The Morgan fingerprint density at radius 1 is 1.00 bits per heavy atom. The molecule has 2 aliphatic heterocycles. The number of nitrogens with zero attached hydrogens (tertiary/aromatic N) is 2. The first-order valence-electron chi connectivity index (χ1n) is 7.38. The molecule has 6 nitrogen and oxygen atoms in total. The maximum absolute atomic E-state index is 12.6. The lowest BCUT2D eigenvalue weighted by Gasteiger charge is -2.36. The number of sulfonamides is 1. The van der Waals surface area contributed by atoms with E-state index < -0.39 is 25.1 Å². The molecule has 1 atom stereocenters. The summed E-state index contributed by atoms with van der Waals surface area (Å²) in [7, 11) is -6.70. The molecular formula is C14H20N2O4S2. The molecule has 0 bridgehead atoms. The summed E-state index contributed by atoms with van der Waals surface area (Å²) in [5.41, 5.74) is 1.09. The molecule has 0 amide bonds. The van der Waals surface area contributed by atoms with Gasteiger partial charge in [-0.15, -0.1) is 0 Å². The molecule has 0 aromatic heterocycles. The fraction of sp³-hybridized carbons (Fsp3) is 0.571. The van der Waals surface area contributed by atoms with Crippen LogP contribution in [0.5, 0.6) is 0 Å². The van der Waals surface area contributed by atoms with Crippen molar-refractivity contribution < 1.29 is 16.8 Å². The average Bonchev–Trinajstić information content (AvgIpc) is 2.89. The number of piperazine rings is 1. The van der Waals surface area contributed by atoms with Gasteiger partial charge in [-0.05, 0) is 18.6 Å². The highest BCUT2D eigenvalue weighted by Crippen LogP contribution is 2.24. The number of anilines is 1. The zero-order valence-corrected chi connectivity index (χ0v) is 13.9. The van der Waals surface area contributed by atoms with E-state index in [2.05, 4.69) is 4.90 Å². The lowest BCUT2D eigenvalue weighted by Crippen LogP contribution is -2.51. The number of hydrogen-bond donors (Lipinski definition) is 0. The highest BCUT2D eigenvalue weighted by molar-refractivity contribution is 7.95. The van der Waals surface area contributed by atoms with Crippen LogP contribution >= 0.6 is 0 Å². The van der Waals surface area contributed by atoms with Crippen molar-refractivity contribution in [3.63, 3.8) is 0 Å². The molecule has 22 heavy (non-hydrogen) atoms. The van der Waals surface area contributed by atoms with Crippen molar-refractivity contribution in [2.75, 3.05) is 42.6 Å². The van der Waals surface area contributed by atoms with Gasteiger partial charge < -0.3 is 4.90 Å². The molecule has 1 aromatic rings. The first kappa shape index (κ1) is 15.8. The van der Waals surface area contributed by atoms with E-state index in [0.29, 0.717) is 26.2 Å². The largest absolute Gasteiger partial charge is 0.369 e. The Balaban J connectivity index is 1.66. The molecule has 2 aliphatic rings. The fourth-order valence-electron chi connectivity index (χ4n) is 3.05. The summed E-state index contributed by atoms with van der Waals surface area (Å²) >= 11 is 0. The van der Waals surface area contributed by atoms with E-state index in [1.807, 2.05) is 30.3 Å². The van der Waals surface area contributed by atoms with Crippen molar-refractivity contribution in [2.45, 2.75) is 11.7 Å². The summed E-state index contributed by atoms with van der Waals surface area (Å²) in [6, 6.07) is 9.88. The van der Waals surface area contributed by atoms with E-state index >= 15 is 0 Å². The average molecular weight is 344 g/mol. The summed E-state index contributed by atoms with van der Waals surface area (Å²) in [5, 5.41) is -0.763. The van der Waals surface area contributed by atoms with Crippen LogP contribution in [0, 0.1) is 0 Å². The van der Waals surface area contributed by atoms with Crippen molar-refractivity contribution in [1.29, 1.82) is 0 Å². The van der Waals surface area contributed by atoms with E-state index in [4.69, 9.17) is 0 Å². The summed E-state index contributed by atoms with van der Waals surface area (Å²) in [6.45, 7) is 2.08. The van der Waals surface area contributed by atoms with Crippen molar-refractivity contribution >= 4 is 25.5 Å². The van der Waals surface area contributed by atoms with Crippen LogP contribution < -0.4 is 4.90 Å². The lowest BCUT2D eigenvalue weighted by atomic mass is 10.2. The quantitative estimate of drug-likeness (QED) is 0.790. The maximum Gasteiger partial charge on any atom is 0.218 e. The standard InChI is InChI=1S/C14H20N2O4S2/c17-21(18)11-6-14(12-21)22(19,20)16-9-7-15(8-10-16)13-4-2-1-3-5-13/h1-5,14H,6-12H2. The molecule has 0 saturated carbocycles. The van der Waals surface area contributed by atoms with Crippen LogP contribution in [0.25, 0.3) is 0 Å². The van der Waals surface area contributed by atoms with Crippen molar-refractivity contribution in [1.82, 2.24) is 4.31 Å². The monoisotopic (exact) mass is 344 g/mol. The van der Waals surface area contributed by atoms with E-state index in [9.17, 15) is 16.8 Å². The summed E-state index contributed by atoms with van der Waals surface area (Å²) in [6.07, 6.45) is 0.226. The van der Waals surface area contributed by atoms with E-state index in [-0.39, 0.29) is 17.9 Å². The molecule has 3 rings (SSSR count). The number of sulfone groups is 1. The predicted molar refractivity (Wildman–Crippen MR) is 86.2 cm³/mol. The molecule has 0 radical (unpaired) electrons. The number of hydrogen-bond acceptors (Lipinski definition) is 5. The van der Waals surface area contributed by atoms with Crippen LogP contribution in [0.4, 0.5) is 5.69 Å². The van der Waals surface area contributed by atoms with Gasteiger partial charge in [-0.25, -0.2) is 16.8 Å². The SMILES string of the molecule is O=S1(=O)CCC(S(=O)(=O)N2CCN(c3ccccc3)CC2)C1. The molecule has 0 N–H and O–H groups in total. The van der Waals surface area contributed by atoms with Crippen molar-refractivity contribution in [3.05, 3.63) is 30.3 Å². The topological polar surface area (TPSA) is 74.8 Å². The van der Waals surface area contributed by atoms with Crippen LogP contribution in [-0.4, -0.2) is 64.1 Å². The maximum atomic E-state index is 12.6. The van der Waals surface area contributed by atoms with Gasteiger partial charge in [0.25, 0.3) is 0 Å². The van der Waals surface area contributed by atoms with E-state index in [1.165, 1.54) is 4.31 Å². The zero-order valence-electron chi connectivity index (χ0n) is 12.3. The van der Waals surface area contributed by atoms with Gasteiger partial charge >= 0.3 is 0 Å². The second-order valence-corrected chi connectivity index (χ2v) is 10.2. The number of benzene rings is 1. The first-order chi connectivity index (χ1) is 10.4. The third-order valence-corrected chi connectivity index (χ3v) is 8.64. The molecule has 122 valence electrons. The van der Waals surface area contributed by atoms with E-state index in [0.717, 1.165) is 5.69 Å². The molecular weight excluding hydrogens is 324 g/mol. The molecule has 2 heterocycles. The Morgan fingerprint density at radius 2 is 1.64 bits per heavy atom. The third-order valence-electron chi connectivity index (χ3n) is 4.33. The first-order valence-corrected chi connectivity index (χ1v) is 10.7. The van der Waals surface area contributed by atoms with Gasteiger partial charge in [-0.2, -0.15) is 4.31 Å². The second-order valence-electron chi connectivity index (χ2n) is 5.79. The highest BCUT2D eigenvalue weighted by Gasteiger charge is 2.41. The lowest BCUT2D eigenvalue weighted by molar-refractivity contribution is 0.380. The Labute approximate surface area is 131 Å². The van der Waals surface area contributed by atoms with Gasteiger partial charge in [0.2, 0.25) is 10.0 Å². The molecule has 0 spiro atoms. The minimum absolute atomic E-state index is 0.0130. The Morgan fingerprint density at radius 3 is 2.18 bits per heavy atom. The van der Waals surface area contributed by atoms with Gasteiger partial charge in [0.15, 0.2) is 9.84 Å². The van der Waals surface area contributed by atoms with E-state index in [1.54, 1.807) is 0 Å². The molecule has 0 aliphatic carbocycles. The fourth-order valence-corrected chi connectivity index (χ4v) is 7.56. The molecule has 2 saturated heterocycles. The number of rotatable bonds is 3. The van der Waals surface area contributed by atoms with Crippen LogP contribution in [-0.2, 0) is 19.9 Å². The van der Waals surface area contributed by atoms with Gasteiger partial charge in [-0.1, -0.05) is 18.2 Å². The van der Waals surface area contributed by atoms with Crippen LogP contribution in [0.15, 0.2) is 30.3 Å². The van der Waals surface area contributed by atoms with Gasteiger partial charge in [0.1, 0.15) is 0 Å². The summed E-state index contributed by atoms with van der Waals surface area (Å²) in [5.74, 6) is -0.241. The van der Waals surface area contributed by atoms with Crippen molar-refractivity contribution in [3.8, 4) is 0 Å². The normalized spacial score (nSPS) is 26.2. The van der Waals surface area contributed by atoms with Gasteiger partial charge in [-0.3, -0.25) is 0 Å². The van der Waals surface area contributed by atoms with Crippen molar-refractivity contribution in [2.24, 2.45) is 0 Å². The zero-order chi connectivity index (χ0) is 15.8. The predicted octanol–water partition coefficient (Wildman–Crippen LogP) is 0.326. The van der Waals surface area contributed by atoms with Crippen LogP contribution in [0.1, 0.15) is 6.42 Å². The van der Waals surface area contributed by atoms with Gasteiger partial charge in [0, 0.05) is 31.9 Å².